The number of rotatable bonds is 2. The van der Waals surface area contributed by atoms with Crippen molar-refractivity contribution in [3.63, 3.8) is 0 Å². The molecule has 0 amide bonds. The molecule has 0 unspecified atom stereocenters. The van der Waals surface area contributed by atoms with Crippen molar-refractivity contribution in [2.45, 2.75) is 52.0 Å². The Hall–Kier alpha value is 0.250. The van der Waals surface area contributed by atoms with Crippen LogP contribution in [0.5, 0.6) is 0 Å². The highest BCUT2D eigenvalue weighted by Gasteiger charge is 2.58. The molecular weight excluding hydrogens is 182 g/mol. The Balaban J connectivity index is 0.000000845. The topological polar surface area (TPSA) is 12.0 Å². The molecule has 0 aromatic rings. The van der Waals surface area contributed by atoms with Crippen molar-refractivity contribution >= 4 is 12.4 Å². The molecule has 13 heavy (non-hydrogen) atoms. The molecule has 2 bridgehead atoms. The fraction of sp³-hybridized carbons (Fsp3) is 1.00. The predicted molar refractivity (Wildman–Crippen MR) is 59.4 cm³/mol. The van der Waals surface area contributed by atoms with Crippen LogP contribution in [-0.2, 0) is 0 Å². The highest BCUT2D eigenvalue weighted by molar-refractivity contribution is 5.85. The minimum atomic E-state index is 0. The zero-order valence-corrected chi connectivity index (χ0v) is 9.84. The van der Waals surface area contributed by atoms with Crippen molar-refractivity contribution in [2.24, 2.45) is 11.3 Å². The highest BCUT2D eigenvalue weighted by Crippen LogP contribution is 2.59. The van der Waals surface area contributed by atoms with Crippen LogP contribution in [0.15, 0.2) is 0 Å². The van der Waals surface area contributed by atoms with Gasteiger partial charge >= 0.3 is 0 Å². The first-order valence-corrected chi connectivity index (χ1v) is 5.37. The minimum absolute atomic E-state index is 0. The van der Waals surface area contributed by atoms with Crippen LogP contribution in [0, 0.1) is 11.3 Å². The summed E-state index contributed by atoms with van der Waals surface area (Å²) in [6, 6.07) is 0. The lowest BCUT2D eigenvalue weighted by atomic mass is 9.76. The van der Waals surface area contributed by atoms with Gasteiger partial charge < -0.3 is 5.32 Å². The number of hydrogen-bond acceptors (Lipinski definition) is 1. The third kappa shape index (κ3) is 1.32. The Kier molecular flexibility index (Phi) is 2.99. The van der Waals surface area contributed by atoms with Gasteiger partial charge in [-0.15, -0.1) is 12.4 Å². The lowest BCUT2D eigenvalue weighted by Crippen LogP contribution is -2.50. The fourth-order valence-electron chi connectivity index (χ4n) is 3.61. The van der Waals surface area contributed by atoms with Gasteiger partial charge in [-0.2, -0.15) is 0 Å². The summed E-state index contributed by atoms with van der Waals surface area (Å²) in [5.41, 5.74) is 1.06. The van der Waals surface area contributed by atoms with Crippen LogP contribution in [0.4, 0.5) is 0 Å². The van der Waals surface area contributed by atoms with Gasteiger partial charge in [0.1, 0.15) is 0 Å². The van der Waals surface area contributed by atoms with E-state index in [1.807, 2.05) is 0 Å². The second-order valence-corrected chi connectivity index (χ2v) is 5.11. The molecule has 2 saturated carbocycles. The van der Waals surface area contributed by atoms with E-state index in [1.54, 1.807) is 0 Å². The van der Waals surface area contributed by atoms with E-state index in [4.69, 9.17) is 0 Å². The van der Waals surface area contributed by atoms with Gasteiger partial charge in [0, 0.05) is 5.54 Å². The van der Waals surface area contributed by atoms with Crippen LogP contribution in [-0.4, -0.2) is 12.1 Å². The summed E-state index contributed by atoms with van der Waals surface area (Å²) >= 11 is 0. The number of halogens is 1. The number of hydrogen-bond donors (Lipinski definition) is 1. The first-order chi connectivity index (χ1) is 5.62. The molecule has 2 aliphatic rings. The monoisotopic (exact) mass is 203 g/mol. The summed E-state index contributed by atoms with van der Waals surface area (Å²) in [6.45, 7) is 8.28. The standard InChI is InChI=1S/C11H21N.ClH/c1-4-12-11-7-5-9(6-8-11)10(11,2)3;/h9,12H,4-8H2,1-3H3;1H. The van der Waals surface area contributed by atoms with E-state index in [-0.39, 0.29) is 12.4 Å². The van der Waals surface area contributed by atoms with Gasteiger partial charge in [-0.05, 0) is 43.6 Å². The molecule has 0 aliphatic heterocycles. The maximum Gasteiger partial charge on any atom is 0.0235 e. The Bertz CT molecular complexity index is 181. The van der Waals surface area contributed by atoms with Gasteiger partial charge in [0.05, 0.1) is 0 Å². The van der Waals surface area contributed by atoms with Crippen LogP contribution in [0.2, 0.25) is 0 Å². The van der Waals surface area contributed by atoms with E-state index in [2.05, 4.69) is 26.1 Å². The maximum absolute atomic E-state index is 3.74. The normalized spacial score (nSPS) is 40.4. The molecule has 0 heterocycles. The van der Waals surface area contributed by atoms with Crippen LogP contribution < -0.4 is 5.32 Å². The summed E-state index contributed by atoms with van der Waals surface area (Å²) in [7, 11) is 0. The van der Waals surface area contributed by atoms with Gasteiger partial charge in [0.15, 0.2) is 0 Å². The second-order valence-electron chi connectivity index (χ2n) is 5.11. The van der Waals surface area contributed by atoms with Crippen LogP contribution in [0.25, 0.3) is 0 Å². The summed E-state index contributed by atoms with van der Waals surface area (Å²) in [5, 5.41) is 3.74. The molecule has 1 N–H and O–H groups in total. The molecule has 2 rings (SSSR count). The zero-order chi connectivity index (χ0) is 8.82. The lowest BCUT2D eigenvalue weighted by molar-refractivity contribution is 0.175. The summed E-state index contributed by atoms with van der Waals surface area (Å²) < 4.78 is 0. The molecule has 2 heteroatoms. The van der Waals surface area contributed by atoms with Crippen LogP contribution >= 0.6 is 12.4 Å². The largest absolute Gasteiger partial charge is 0.311 e. The molecule has 0 atom stereocenters. The van der Waals surface area contributed by atoms with Crippen LogP contribution in [0.3, 0.4) is 0 Å². The average Bonchev–Trinajstić information content (AvgIpc) is 2.39. The van der Waals surface area contributed by atoms with E-state index in [0.717, 1.165) is 12.5 Å². The summed E-state index contributed by atoms with van der Waals surface area (Å²) in [4.78, 5) is 0. The van der Waals surface area contributed by atoms with Gasteiger partial charge in [0.2, 0.25) is 0 Å². The van der Waals surface area contributed by atoms with Crippen molar-refractivity contribution in [1.82, 2.24) is 5.32 Å². The zero-order valence-electron chi connectivity index (χ0n) is 9.02. The van der Waals surface area contributed by atoms with E-state index in [0.29, 0.717) is 11.0 Å². The maximum atomic E-state index is 3.74. The molecule has 2 fully saturated rings. The summed E-state index contributed by atoms with van der Waals surface area (Å²) in [5.74, 6) is 0.997. The number of fused-ring (bicyclic) bond motifs is 2. The fourth-order valence-corrected chi connectivity index (χ4v) is 3.61. The smallest absolute Gasteiger partial charge is 0.0235 e. The van der Waals surface area contributed by atoms with Gasteiger partial charge in [0.25, 0.3) is 0 Å². The first kappa shape index (κ1) is 11.3. The molecular formula is C11H22ClN. The van der Waals surface area contributed by atoms with Crippen molar-refractivity contribution < 1.29 is 0 Å². The molecule has 0 spiro atoms. The van der Waals surface area contributed by atoms with Crippen LogP contribution in [0.1, 0.15) is 46.5 Å². The second kappa shape index (κ2) is 3.43. The molecule has 78 valence electrons. The predicted octanol–water partition coefficient (Wildman–Crippen LogP) is 2.99. The molecule has 0 saturated heterocycles. The van der Waals surface area contributed by atoms with Crippen molar-refractivity contribution in [2.75, 3.05) is 6.54 Å². The molecule has 1 nitrogen and oxygen atoms in total. The number of nitrogens with one attached hydrogen (secondary N) is 1. The summed E-state index contributed by atoms with van der Waals surface area (Å²) in [6.07, 6.45) is 5.75. The minimum Gasteiger partial charge on any atom is -0.311 e. The van der Waals surface area contributed by atoms with Crippen molar-refractivity contribution in [1.29, 1.82) is 0 Å². The Morgan fingerprint density at radius 2 is 1.77 bits per heavy atom. The third-order valence-electron chi connectivity index (χ3n) is 4.61. The van der Waals surface area contributed by atoms with E-state index in [9.17, 15) is 0 Å². The molecule has 0 aromatic heterocycles. The first-order valence-electron chi connectivity index (χ1n) is 5.37. The Morgan fingerprint density at radius 3 is 2.08 bits per heavy atom. The lowest BCUT2D eigenvalue weighted by Gasteiger charge is -2.39. The average molecular weight is 204 g/mol. The molecule has 2 aliphatic carbocycles. The quantitative estimate of drug-likeness (QED) is 0.728. The highest BCUT2D eigenvalue weighted by atomic mass is 35.5. The van der Waals surface area contributed by atoms with E-state index >= 15 is 0 Å². The molecule has 0 radical (unpaired) electrons. The Labute approximate surface area is 88.1 Å². The van der Waals surface area contributed by atoms with Crippen molar-refractivity contribution in [3.05, 3.63) is 0 Å². The van der Waals surface area contributed by atoms with Gasteiger partial charge in [-0.3, -0.25) is 0 Å². The van der Waals surface area contributed by atoms with E-state index in [1.165, 1.54) is 25.7 Å². The Morgan fingerprint density at radius 1 is 1.23 bits per heavy atom. The van der Waals surface area contributed by atoms with Crippen molar-refractivity contribution in [3.8, 4) is 0 Å². The van der Waals surface area contributed by atoms with E-state index < -0.39 is 0 Å². The molecule has 0 aromatic carbocycles. The SMILES string of the molecule is CCNC12CCC(CC1)C2(C)C.Cl. The van der Waals surface area contributed by atoms with Gasteiger partial charge in [-0.25, -0.2) is 0 Å². The van der Waals surface area contributed by atoms with Gasteiger partial charge in [-0.1, -0.05) is 20.8 Å². The third-order valence-corrected chi connectivity index (χ3v) is 4.61.